The summed E-state index contributed by atoms with van der Waals surface area (Å²) in [6.07, 6.45) is 5.24. The van der Waals surface area contributed by atoms with Crippen LogP contribution in [-0.2, 0) is 15.1 Å². The molecule has 0 aromatic heterocycles. The number of carbonyl (C=O) groups excluding carboxylic acids is 1. The number of aliphatic imine (C=N–C) groups is 1. The van der Waals surface area contributed by atoms with E-state index >= 15 is 0 Å². The monoisotopic (exact) mass is 386 g/mol. The van der Waals surface area contributed by atoms with Crippen molar-refractivity contribution in [1.29, 1.82) is 0 Å². The van der Waals surface area contributed by atoms with E-state index in [0.29, 0.717) is 17.7 Å². The molecule has 0 saturated heterocycles. The molecule has 0 aliphatic carbocycles. The van der Waals surface area contributed by atoms with Gasteiger partial charge in [-0.15, -0.1) is 0 Å². The minimum absolute atomic E-state index is 0.0212. The van der Waals surface area contributed by atoms with Gasteiger partial charge in [0.15, 0.2) is 5.54 Å². The van der Waals surface area contributed by atoms with Gasteiger partial charge in [0.1, 0.15) is 5.75 Å². The van der Waals surface area contributed by atoms with Crippen LogP contribution in [0.2, 0.25) is 0 Å². The van der Waals surface area contributed by atoms with E-state index in [-0.39, 0.29) is 11.7 Å². The Morgan fingerprint density at radius 1 is 1.18 bits per heavy atom. The first-order chi connectivity index (χ1) is 13.5. The molecule has 1 atom stereocenters. The Kier molecular flexibility index (Phi) is 5.84. The number of amides is 1. The Labute approximate surface area is 161 Å². The van der Waals surface area contributed by atoms with Crippen LogP contribution in [-0.4, -0.2) is 44.5 Å². The fourth-order valence-corrected chi connectivity index (χ4v) is 3.12. The highest BCUT2D eigenvalue weighted by atomic mass is 19.3. The van der Waals surface area contributed by atoms with Crippen LogP contribution in [0, 0.1) is 0 Å². The minimum Gasteiger partial charge on any atom is -0.435 e. The van der Waals surface area contributed by atoms with Crippen molar-refractivity contribution in [3.8, 4) is 5.75 Å². The summed E-state index contributed by atoms with van der Waals surface area (Å²) < 4.78 is 34.3. The zero-order valence-corrected chi connectivity index (χ0v) is 15.5. The van der Waals surface area contributed by atoms with E-state index in [1.54, 1.807) is 26.3 Å². The van der Waals surface area contributed by atoms with Crippen LogP contribution in [0.5, 0.6) is 5.75 Å². The predicted octanol–water partition coefficient (Wildman–Crippen LogP) is 3.69. The smallest absolute Gasteiger partial charge is 0.387 e. The van der Waals surface area contributed by atoms with Gasteiger partial charge in [-0.3, -0.25) is 4.79 Å². The second-order valence-electron chi connectivity index (χ2n) is 6.26. The average molecular weight is 386 g/mol. The molecule has 5 nitrogen and oxygen atoms in total. The number of hydrogen-bond donors (Lipinski definition) is 0. The molecular weight excluding hydrogens is 366 g/mol. The quantitative estimate of drug-likeness (QED) is 0.729. The Hall–Kier alpha value is -3.06. The molecule has 0 N–H and O–H groups in total. The summed E-state index contributed by atoms with van der Waals surface area (Å²) in [6.45, 7) is -2.44. The number of alkyl halides is 2. The molecule has 0 spiro atoms. The first-order valence-corrected chi connectivity index (χ1v) is 8.61. The lowest BCUT2D eigenvalue weighted by Crippen LogP contribution is -2.38. The predicted molar refractivity (Wildman–Crippen MR) is 102 cm³/mol. The lowest BCUT2D eigenvalue weighted by molar-refractivity contribution is -0.129. The van der Waals surface area contributed by atoms with Crippen LogP contribution < -0.4 is 4.74 Å². The van der Waals surface area contributed by atoms with Gasteiger partial charge in [-0.1, -0.05) is 42.5 Å². The maximum atomic E-state index is 13.1. The van der Waals surface area contributed by atoms with Crippen LogP contribution in [0.25, 0.3) is 6.08 Å². The average Bonchev–Trinajstić information content (AvgIpc) is 2.98. The van der Waals surface area contributed by atoms with Gasteiger partial charge in [-0.05, 0) is 34.9 Å². The van der Waals surface area contributed by atoms with Gasteiger partial charge >= 0.3 is 6.61 Å². The van der Waals surface area contributed by atoms with Crippen LogP contribution >= 0.6 is 0 Å². The molecule has 0 radical (unpaired) electrons. The van der Waals surface area contributed by atoms with E-state index < -0.39 is 12.2 Å². The van der Waals surface area contributed by atoms with E-state index in [2.05, 4.69) is 9.73 Å². The Morgan fingerprint density at radius 3 is 2.54 bits per heavy atom. The number of rotatable bonds is 7. The van der Waals surface area contributed by atoms with Gasteiger partial charge in [0.2, 0.25) is 0 Å². The number of ether oxygens (including phenoxy) is 2. The van der Waals surface area contributed by atoms with Gasteiger partial charge in [-0.2, -0.15) is 8.78 Å². The summed E-state index contributed by atoms with van der Waals surface area (Å²) in [5.74, 6) is -0.207. The first kappa shape index (κ1) is 19.7. The van der Waals surface area contributed by atoms with E-state index in [1.807, 2.05) is 36.4 Å². The molecule has 1 aliphatic heterocycles. The topological polar surface area (TPSA) is 51.1 Å². The molecule has 3 rings (SSSR count). The third-order valence-electron chi connectivity index (χ3n) is 4.43. The highest BCUT2D eigenvalue weighted by Gasteiger charge is 2.46. The molecule has 0 fully saturated rings. The van der Waals surface area contributed by atoms with Crippen LogP contribution in [0.15, 0.2) is 59.6 Å². The fourth-order valence-electron chi connectivity index (χ4n) is 3.12. The van der Waals surface area contributed by atoms with Gasteiger partial charge in [0, 0.05) is 14.2 Å². The van der Waals surface area contributed by atoms with Crippen molar-refractivity contribution in [2.75, 3.05) is 20.8 Å². The largest absolute Gasteiger partial charge is 0.435 e. The van der Waals surface area contributed by atoms with E-state index in [1.165, 1.54) is 23.4 Å². The van der Waals surface area contributed by atoms with Crippen molar-refractivity contribution < 1.29 is 23.0 Å². The second-order valence-corrected chi connectivity index (χ2v) is 6.26. The summed E-state index contributed by atoms with van der Waals surface area (Å²) in [5, 5.41) is 0. The number of carbonyl (C=O) groups is 1. The summed E-state index contributed by atoms with van der Waals surface area (Å²) in [7, 11) is 3.24. The van der Waals surface area contributed by atoms with Crippen LogP contribution in [0.3, 0.4) is 0 Å². The van der Waals surface area contributed by atoms with Crippen molar-refractivity contribution in [3.63, 3.8) is 0 Å². The Balaban J connectivity index is 2.04. The minimum atomic E-state index is -2.91. The zero-order chi connectivity index (χ0) is 20.1. The SMILES string of the molecule is COC/C=C/c1cccc([C@]2(c3ccc(OC(F)F)cc3)N=CN(C)C2=O)c1. The molecule has 0 bridgehead atoms. The maximum Gasteiger partial charge on any atom is 0.387 e. The molecule has 28 heavy (non-hydrogen) atoms. The van der Waals surface area contributed by atoms with E-state index in [9.17, 15) is 13.6 Å². The Morgan fingerprint density at radius 2 is 1.93 bits per heavy atom. The number of nitrogens with zero attached hydrogens (tertiary/aromatic N) is 2. The van der Waals surface area contributed by atoms with Crippen molar-refractivity contribution >= 4 is 18.3 Å². The molecule has 0 saturated carbocycles. The third-order valence-corrected chi connectivity index (χ3v) is 4.43. The van der Waals surface area contributed by atoms with Crippen molar-refractivity contribution in [2.45, 2.75) is 12.2 Å². The van der Waals surface area contributed by atoms with Crippen molar-refractivity contribution in [1.82, 2.24) is 4.90 Å². The van der Waals surface area contributed by atoms with Crippen LogP contribution in [0.4, 0.5) is 8.78 Å². The molecule has 0 unspecified atom stereocenters. The molecule has 1 aliphatic rings. The van der Waals surface area contributed by atoms with E-state index in [0.717, 1.165) is 5.56 Å². The standard InChI is InChI=1S/C21H20F2N2O3/c1-25-14-24-21(19(25)26,16-8-10-18(11-9-16)28-20(22)23)17-7-3-5-15(13-17)6-4-12-27-2/h3-11,13-14,20H,12H2,1-2H3/b6-4+/t21-/m0/s1. The lowest BCUT2D eigenvalue weighted by Gasteiger charge is -2.27. The number of halogens is 2. The van der Waals surface area contributed by atoms with Gasteiger partial charge in [-0.25, -0.2) is 4.99 Å². The summed E-state index contributed by atoms with van der Waals surface area (Å²) >= 11 is 0. The van der Waals surface area contributed by atoms with Crippen LogP contribution in [0.1, 0.15) is 16.7 Å². The maximum absolute atomic E-state index is 13.1. The number of likely N-dealkylation sites (N-methyl/N-ethyl adjacent to an activating group) is 1. The molecule has 146 valence electrons. The number of methoxy groups -OCH3 is 1. The van der Waals surface area contributed by atoms with E-state index in [4.69, 9.17) is 4.74 Å². The summed E-state index contributed by atoms with van der Waals surface area (Å²) in [6, 6.07) is 13.4. The molecule has 1 heterocycles. The molecular formula is C21H20F2N2O3. The molecule has 2 aromatic carbocycles. The number of hydrogen-bond acceptors (Lipinski definition) is 4. The third kappa shape index (κ3) is 3.80. The Bertz CT molecular complexity index is 897. The fraction of sp³-hybridized carbons (Fsp3) is 0.238. The highest BCUT2D eigenvalue weighted by molar-refractivity contribution is 6.03. The van der Waals surface area contributed by atoms with Gasteiger partial charge in [0.25, 0.3) is 5.91 Å². The first-order valence-electron chi connectivity index (χ1n) is 8.61. The second kappa shape index (κ2) is 8.31. The zero-order valence-electron chi connectivity index (χ0n) is 15.5. The summed E-state index contributed by atoms with van der Waals surface area (Å²) in [4.78, 5) is 19.0. The number of benzene rings is 2. The highest BCUT2D eigenvalue weighted by Crippen LogP contribution is 2.39. The lowest BCUT2D eigenvalue weighted by atomic mass is 9.82. The molecule has 2 aromatic rings. The van der Waals surface area contributed by atoms with Gasteiger partial charge in [0.05, 0.1) is 12.9 Å². The molecule has 7 heteroatoms. The van der Waals surface area contributed by atoms with Gasteiger partial charge < -0.3 is 14.4 Å². The summed E-state index contributed by atoms with van der Waals surface area (Å²) in [5.41, 5.74) is 0.866. The normalized spacial score (nSPS) is 19.2. The molecule has 1 amide bonds. The van der Waals surface area contributed by atoms with Crippen molar-refractivity contribution in [2.24, 2.45) is 4.99 Å². The van der Waals surface area contributed by atoms with Crippen molar-refractivity contribution in [3.05, 3.63) is 71.3 Å².